The molecule has 4 nitrogen and oxygen atoms in total. The van der Waals surface area contributed by atoms with Crippen LogP contribution in [0.3, 0.4) is 0 Å². The van der Waals surface area contributed by atoms with Crippen LogP contribution in [-0.4, -0.2) is 31.4 Å². The molecule has 1 aromatic carbocycles. The normalized spacial score (nSPS) is 13.8. The summed E-state index contributed by atoms with van der Waals surface area (Å²) in [6, 6.07) is 5.00. The number of sulfonamides is 1. The fourth-order valence-corrected chi connectivity index (χ4v) is 3.50. The van der Waals surface area contributed by atoms with Crippen molar-refractivity contribution in [2.24, 2.45) is 5.92 Å². The van der Waals surface area contributed by atoms with Crippen LogP contribution in [0.2, 0.25) is 0 Å². The van der Waals surface area contributed by atoms with Crippen molar-refractivity contribution in [1.82, 2.24) is 4.31 Å². The summed E-state index contributed by atoms with van der Waals surface area (Å²) in [5, 5.41) is 9.22. The van der Waals surface area contributed by atoms with E-state index in [-0.39, 0.29) is 11.5 Å². The first-order valence-electron chi connectivity index (χ1n) is 6.50. The summed E-state index contributed by atoms with van der Waals surface area (Å²) in [7, 11) is -1.88. The molecule has 0 saturated heterocycles. The molecule has 5 heteroatoms. The lowest BCUT2D eigenvalue weighted by Gasteiger charge is -2.22. The predicted molar refractivity (Wildman–Crippen MR) is 76.4 cm³/mol. The van der Waals surface area contributed by atoms with Gasteiger partial charge in [0, 0.05) is 13.6 Å². The second-order valence-electron chi connectivity index (χ2n) is 5.00. The molecule has 108 valence electrons. The highest BCUT2D eigenvalue weighted by Crippen LogP contribution is 2.22. The molecule has 0 fully saturated rings. The summed E-state index contributed by atoms with van der Waals surface area (Å²) in [5.74, 6) is 0.320. The zero-order valence-electron chi connectivity index (χ0n) is 12.0. The van der Waals surface area contributed by atoms with Crippen LogP contribution in [0, 0.1) is 12.8 Å². The maximum Gasteiger partial charge on any atom is 0.243 e. The lowest BCUT2D eigenvalue weighted by Crippen LogP contribution is -2.31. The van der Waals surface area contributed by atoms with Gasteiger partial charge in [0.2, 0.25) is 10.0 Å². The fourth-order valence-electron chi connectivity index (χ4n) is 1.94. The maximum atomic E-state index is 12.5. The Labute approximate surface area is 116 Å². The largest absolute Gasteiger partial charge is 0.392 e. The van der Waals surface area contributed by atoms with Crippen LogP contribution in [-0.2, 0) is 16.6 Å². The van der Waals surface area contributed by atoms with E-state index in [4.69, 9.17) is 0 Å². The standard InChI is InChI=1S/C14H23NO3S/c1-5-11(2)9-15(4)19(17,18)14-8-6-7-13(10-16)12(14)3/h6-8,11,16H,5,9-10H2,1-4H3. The van der Waals surface area contributed by atoms with Gasteiger partial charge in [-0.1, -0.05) is 32.4 Å². The monoisotopic (exact) mass is 285 g/mol. The number of rotatable bonds is 6. The third-order valence-electron chi connectivity index (χ3n) is 3.52. The van der Waals surface area contributed by atoms with E-state index in [0.717, 1.165) is 6.42 Å². The summed E-state index contributed by atoms with van der Waals surface area (Å²) < 4.78 is 26.4. The van der Waals surface area contributed by atoms with Gasteiger partial charge in [-0.3, -0.25) is 0 Å². The van der Waals surface area contributed by atoms with Crippen molar-refractivity contribution in [3.8, 4) is 0 Å². The van der Waals surface area contributed by atoms with E-state index in [1.165, 1.54) is 4.31 Å². The first-order chi connectivity index (χ1) is 8.84. The molecule has 0 saturated carbocycles. The Morgan fingerprint density at radius 2 is 2.00 bits per heavy atom. The van der Waals surface area contributed by atoms with Crippen LogP contribution >= 0.6 is 0 Å². The molecule has 0 aliphatic carbocycles. The molecule has 0 aliphatic rings. The van der Waals surface area contributed by atoms with Gasteiger partial charge in [-0.25, -0.2) is 12.7 Å². The van der Waals surface area contributed by atoms with Crippen molar-refractivity contribution in [3.05, 3.63) is 29.3 Å². The lowest BCUT2D eigenvalue weighted by molar-refractivity contribution is 0.280. The molecule has 0 amide bonds. The molecule has 19 heavy (non-hydrogen) atoms. The Morgan fingerprint density at radius 3 is 2.53 bits per heavy atom. The number of benzene rings is 1. The van der Waals surface area contributed by atoms with Gasteiger partial charge >= 0.3 is 0 Å². The van der Waals surface area contributed by atoms with Gasteiger partial charge in [0.25, 0.3) is 0 Å². The minimum atomic E-state index is -3.49. The van der Waals surface area contributed by atoms with Crippen molar-refractivity contribution in [2.45, 2.75) is 38.7 Å². The zero-order valence-corrected chi connectivity index (χ0v) is 12.9. The van der Waals surface area contributed by atoms with Crippen LogP contribution in [0.1, 0.15) is 31.4 Å². The molecule has 1 atom stereocenters. The molecule has 0 bridgehead atoms. The molecule has 0 aromatic heterocycles. The van der Waals surface area contributed by atoms with E-state index in [9.17, 15) is 13.5 Å². The minimum Gasteiger partial charge on any atom is -0.392 e. The highest BCUT2D eigenvalue weighted by Gasteiger charge is 2.24. The van der Waals surface area contributed by atoms with Crippen molar-refractivity contribution >= 4 is 10.0 Å². The van der Waals surface area contributed by atoms with Crippen molar-refractivity contribution in [3.63, 3.8) is 0 Å². The summed E-state index contributed by atoms with van der Waals surface area (Å²) in [4.78, 5) is 0.282. The number of nitrogens with zero attached hydrogens (tertiary/aromatic N) is 1. The van der Waals surface area contributed by atoms with E-state index >= 15 is 0 Å². The van der Waals surface area contributed by atoms with E-state index in [1.54, 1.807) is 32.2 Å². The van der Waals surface area contributed by atoms with Crippen LogP contribution < -0.4 is 0 Å². The zero-order chi connectivity index (χ0) is 14.6. The van der Waals surface area contributed by atoms with Gasteiger partial charge in [-0.05, 0) is 30.0 Å². The topological polar surface area (TPSA) is 57.6 Å². The number of aliphatic hydroxyl groups excluding tert-OH is 1. The summed E-state index contributed by atoms with van der Waals surface area (Å²) in [5.41, 5.74) is 1.28. The molecule has 0 aliphatic heterocycles. The second-order valence-corrected chi connectivity index (χ2v) is 7.01. The van der Waals surface area contributed by atoms with Crippen LogP contribution in [0.25, 0.3) is 0 Å². The first kappa shape index (κ1) is 16.1. The first-order valence-corrected chi connectivity index (χ1v) is 7.94. The summed E-state index contributed by atoms with van der Waals surface area (Å²) in [6.07, 6.45) is 0.940. The molecule has 0 radical (unpaired) electrons. The highest BCUT2D eigenvalue weighted by molar-refractivity contribution is 7.89. The fraction of sp³-hybridized carbons (Fsp3) is 0.571. The van der Waals surface area contributed by atoms with Gasteiger partial charge in [-0.2, -0.15) is 0 Å². The predicted octanol–water partition coefficient (Wildman–Crippen LogP) is 2.15. The summed E-state index contributed by atoms with van der Waals surface area (Å²) >= 11 is 0. The third kappa shape index (κ3) is 3.55. The Hall–Kier alpha value is -0.910. The number of hydrogen-bond donors (Lipinski definition) is 1. The second kappa shape index (κ2) is 6.50. The molecule has 0 heterocycles. The van der Waals surface area contributed by atoms with Gasteiger partial charge in [0.05, 0.1) is 11.5 Å². The van der Waals surface area contributed by atoms with Crippen molar-refractivity contribution in [1.29, 1.82) is 0 Å². The Kier molecular flexibility index (Phi) is 5.52. The van der Waals surface area contributed by atoms with Crippen LogP contribution in [0.5, 0.6) is 0 Å². The highest BCUT2D eigenvalue weighted by atomic mass is 32.2. The molecule has 1 aromatic rings. The van der Waals surface area contributed by atoms with Gasteiger partial charge < -0.3 is 5.11 Å². The Morgan fingerprint density at radius 1 is 1.37 bits per heavy atom. The van der Waals surface area contributed by atoms with Gasteiger partial charge in [0.1, 0.15) is 0 Å². The Bertz CT molecular complexity index is 525. The molecular formula is C14H23NO3S. The number of aliphatic hydroxyl groups is 1. The quantitative estimate of drug-likeness (QED) is 0.871. The average molecular weight is 285 g/mol. The van der Waals surface area contributed by atoms with E-state index in [0.29, 0.717) is 23.6 Å². The SMILES string of the molecule is CCC(C)CN(C)S(=O)(=O)c1cccc(CO)c1C. The van der Waals surface area contributed by atoms with E-state index < -0.39 is 10.0 Å². The smallest absolute Gasteiger partial charge is 0.243 e. The van der Waals surface area contributed by atoms with Gasteiger partial charge in [0.15, 0.2) is 0 Å². The molecular weight excluding hydrogens is 262 g/mol. The minimum absolute atomic E-state index is 0.149. The summed E-state index contributed by atoms with van der Waals surface area (Å²) in [6.45, 7) is 6.16. The van der Waals surface area contributed by atoms with Crippen LogP contribution in [0.4, 0.5) is 0 Å². The third-order valence-corrected chi connectivity index (χ3v) is 5.49. The molecule has 1 N–H and O–H groups in total. The molecule has 1 unspecified atom stereocenters. The van der Waals surface area contributed by atoms with E-state index in [2.05, 4.69) is 0 Å². The van der Waals surface area contributed by atoms with E-state index in [1.807, 2.05) is 13.8 Å². The maximum absolute atomic E-state index is 12.5. The molecule has 0 spiro atoms. The molecule has 1 rings (SSSR count). The van der Waals surface area contributed by atoms with Crippen molar-refractivity contribution in [2.75, 3.05) is 13.6 Å². The van der Waals surface area contributed by atoms with Gasteiger partial charge in [-0.15, -0.1) is 0 Å². The Balaban J connectivity index is 3.13. The van der Waals surface area contributed by atoms with Crippen molar-refractivity contribution < 1.29 is 13.5 Å². The lowest BCUT2D eigenvalue weighted by atomic mass is 10.1. The van der Waals surface area contributed by atoms with Crippen LogP contribution in [0.15, 0.2) is 23.1 Å². The number of hydrogen-bond acceptors (Lipinski definition) is 3. The average Bonchev–Trinajstić information content (AvgIpc) is 2.38.